The minimum Gasteiger partial charge on any atom is -0.384 e. The van der Waals surface area contributed by atoms with Crippen LogP contribution < -0.4 is 5.32 Å². The molecule has 0 saturated carbocycles. The van der Waals surface area contributed by atoms with Gasteiger partial charge in [-0.25, -0.2) is 0 Å². The van der Waals surface area contributed by atoms with Crippen molar-refractivity contribution in [1.29, 1.82) is 0 Å². The maximum atomic E-state index is 5.34. The van der Waals surface area contributed by atoms with E-state index in [1.165, 1.54) is 39.1 Å². The van der Waals surface area contributed by atoms with E-state index in [2.05, 4.69) is 37.9 Å². The third kappa shape index (κ3) is 6.55. The zero-order valence-electron chi connectivity index (χ0n) is 16.8. The number of likely N-dealkylation sites (tertiary alicyclic amines) is 1. The standard InChI is InChI=1S/C15H30N2O.2C2H6/c1-13(2,6-14(3,4)12-18-5)9-17-10-15(11-17)7-16-8-15;2*1-2/h16H,6-12H2,1-5H3;2*1-2H3. The summed E-state index contributed by atoms with van der Waals surface area (Å²) in [5.41, 5.74) is 1.30. The van der Waals surface area contributed by atoms with Crippen LogP contribution in [0.5, 0.6) is 0 Å². The summed E-state index contributed by atoms with van der Waals surface area (Å²) in [4.78, 5) is 2.63. The van der Waals surface area contributed by atoms with Crippen molar-refractivity contribution in [2.75, 3.05) is 46.4 Å². The summed E-state index contributed by atoms with van der Waals surface area (Å²) in [6.45, 7) is 24.6. The van der Waals surface area contributed by atoms with Crippen molar-refractivity contribution < 1.29 is 4.74 Å². The topological polar surface area (TPSA) is 24.5 Å². The van der Waals surface area contributed by atoms with E-state index in [9.17, 15) is 0 Å². The normalized spacial score (nSPS) is 20.0. The Bertz CT molecular complexity index is 288. The van der Waals surface area contributed by atoms with Crippen molar-refractivity contribution in [3.63, 3.8) is 0 Å². The van der Waals surface area contributed by atoms with Crippen molar-refractivity contribution in [3.05, 3.63) is 0 Å². The highest BCUT2D eigenvalue weighted by atomic mass is 16.5. The smallest absolute Gasteiger partial charge is 0.0513 e. The van der Waals surface area contributed by atoms with Gasteiger partial charge in [0.2, 0.25) is 0 Å². The van der Waals surface area contributed by atoms with E-state index in [4.69, 9.17) is 4.74 Å². The molecule has 3 heteroatoms. The highest BCUT2D eigenvalue weighted by molar-refractivity contribution is 5.04. The molecule has 0 aromatic rings. The molecule has 2 rings (SSSR count). The van der Waals surface area contributed by atoms with Crippen LogP contribution in [0.25, 0.3) is 0 Å². The lowest BCUT2D eigenvalue weighted by atomic mass is 9.71. The molecule has 0 amide bonds. The average Bonchev–Trinajstić information content (AvgIpc) is 2.34. The summed E-state index contributed by atoms with van der Waals surface area (Å²) in [5, 5.41) is 3.40. The summed E-state index contributed by atoms with van der Waals surface area (Å²) in [6, 6.07) is 0. The van der Waals surface area contributed by atoms with Crippen molar-refractivity contribution in [2.45, 2.75) is 61.8 Å². The minimum atomic E-state index is 0.277. The van der Waals surface area contributed by atoms with Gasteiger partial charge < -0.3 is 15.0 Å². The maximum Gasteiger partial charge on any atom is 0.0513 e. The fourth-order valence-corrected chi connectivity index (χ4v) is 4.11. The van der Waals surface area contributed by atoms with Crippen molar-refractivity contribution >= 4 is 0 Å². The lowest BCUT2D eigenvalue weighted by Gasteiger charge is -2.58. The van der Waals surface area contributed by atoms with Gasteiger partial charge in [0.1, 0.15) is 0 Å². The molecule has 1 N–H and O–H groups in total. The predicted octanol–water partition coefficient (Wildman–Crippen LogP) is 4.03. The number of hydrogen-bond donors (Lipinski definition) is 1. The van der Waals surface area contributed by atoms with E-state index in [0.717, 1.165) is 6.61 Å². The van der Waals surface area contributed by atoms with Gasteiger partial charge in [-0.05, 0) is 17.3 Å². The van der Waals surface area contributed by atoms with Crippen LogP contribution in [0.15, 0.2) is 0 Å². The van der Waals surface area contributed by atoms with Gasteiger partial charge in [-0.15, -0.1) is 0 Å². The second-order valence-electron chi connectivity index (χ2n) is 8.19. The first kappa shape index (κ1) is 21.9. The molecule has 0 atom stereocenters. The molecule has 0 aromatic carbocycles. The average molecular weight is 315 g/mol. The summed E-state index contributed by atoms with van der Waals surface area (Å²) in [5.74, 6) is 0. The van der Waals surface area contributed by atoms with Gasteiger partial charge in [0.05, 0.1) is 6.61 Å². The second-order valence-corrected chi connectivity index (χ2v) is 8.19. The highest BCUT2D eigenvalue weighted by Gasteiger charge is 2.48. The summed E-state index contributed by atoms with van der Waals surface area (Å²) < 4.78 is 5.34. The Balaban J connectivity index is 0.00000102. The molecule has 2 heterocycles. The predicted molar refractivity (Wildman–Crippen MR) is 98.5 cm³/mol. The molecule has 0 unspecified atom stereocenters. The molecule has 2 aliphatic rings. The van der Waals surface area contributed by atoms with Crippen LogP contribution in [0.4, 0.5) is 0 Å². The van der Waals surface area contributed by atoms with E-state index >= 15 is 0 Å². The molecular formula is C19H42N2O. The van der Waals surface area contributed by atoms with Gasteiger partial charge in [-0.1, -0.05) is 55.4 Å². The van der Waals surface area contributed by atoms with Crippen LogP contribution >= 0.6 is 0 Å². The van der Waals surface area contributed by atoms with Crippen LogP contribution in [0.2, 0.25) is 0 Å². The first-order chi connectivity index (χ1) is 10.3. The van der Waals surface area contributed by atoms with Crippen LogP contribution in [-0.2, 0) is 4.74 Å². The number of nitrogens with one attached hydrogen (secondary N) is 1. The Morgan fingerprint density at radius 1 is 0.955 bits per heavy atom. The Hall–Kier alpha value is -0.120. The molecular weight excluding hydrogens is 272 g/mol. The molecule has 2 aliphatic heterocycles. The number of methoxy groups -OCH3 is 1. The highest BCUT2D eigenvalue weighted by Crippen LogP contribution is 2.39. The third-order valence-electron chi connectivity index (χ3n) is 4.26. The van der Waals surface area contributed by atoms with Crippen molar-refractivity contribution in [2.24, 2.45) is 16.2 Å². The number of hydrogen-bond acceptors (Lipinski definition) is 3. The van der Waals surface area contributed by atoms with Gasteiger partial charge in [-0.3, -0.25) is 0 Å². The molecule has 0 aliphatic carbocycles. The second kappa shape index (κ2) is 9.24. The molecule has 0 bridgehead atoms. The largest absolute Gasteiger partial charge is 0.384 e. The Kier molecular flexibility index (Phi) is 9.19. The van der Waals surface area contributed by atoms with E-state index in [1.54, 1.807) is 7.11 Å². The van der Waals surface area contributed by atoms with Gasteiger partial charge in [0.15, 0.2) is 0 Å². The fourth-order valence-electron chi connectivity index (χ4n) is 4.11. The monoisotopic (exact) mass is 314 g/mol. The molecule has 0 radical (unpaired) electrons. The fraction of sp³-hybridized carbons (Fsp3) is 1.00. The van der Waals surface area contributed by atoms with Gasteiger partial charge in [0.25, 0.3) is 0 Å². The maximum absolute atomic E-state index is 5.34. The molecule has 1 spiro atoms. The lowest BCUT2D eigenvalue weighted by molar-refractivity contribution is -0.0634. The molecule has 22 heavy (non-hydrogen) atoms. The molecule has 3 nitrogen and oxygen atoms in total. The van der Waals surface area contributed by atoms with Gasteiger partial charge in [-0.2, -0.15) is 0 Å². The Labute approximate surface area is 140 Å². The first-order valence-corrected chi connectivity index (χ1v) is 9.18. The lowest BCUT2D eigenvalue weighted by Crippen LogP contribution is -2.71. The summed E-state index contributed by atoms with van der Waals surface area (Å²) in [6.07, 6.45) is 1.22. The molecule has 2 saturated heterocycles. The van der Waals surface area contributed by atoms with E-state index in [-0.39, 0.29) is 5.41 Å². The third-order valence-corrected chi connectivity index (χ3v) is 4.26. The Morgan fingerprint density at radius 3 is 1.82 bits per heavy atom. The number of ether oxygens (including phenoxy) is 1. The van der Waals surface area contributed by atoms with Gasteiger partial charge in [0, 0.05) is 45.2 Å². The van der Waals surface area contributed by atoms with E-state index < -0.39 is 0 Å². The summed E-state index contributed by atoms with van der Waals surface area (Å²) in [7, 11) is 1.80. The first-order valence-electron chi connectivity index (χ1n) is 9.18. The SMILES string of the molecule is CC.CC.COCC(C)(C)CC(C)(C)CN1CC2(CNC2)C1. The summed E-state index contributed by atoms with van der Waals surface area (Å²) >= 11 is 0. The molecule has 2 fully saturated rings. The van der Waals surface area contributed by atoms with Crippen LogP contribution in [0.3, 0.4) is 0 Å². The zero-order valence-corrected chi connectivity index (χ0v) is 16.8. The quantitative estimate of drug-likeness (QED) is 0.801. The van der Waals surface area contributed by atoms with Crippen molar-refractivity contribution in [3.8, 4) is 0 Å². The van der Waals surface area contributed by atoms with Crippen molar-refractivity contribution in [1.82, 2.24) is 10.2 Å². The number of nitrogens with zero attached hydrogens (tertiary/aromatic N) is 1. The van der Waals surface area contributed by atoms with E-state index in [0.29, 0.717) is 10.8 Å². The van der Waals surface area contributed by atoms with Crippen LogP contribution in [0, 0.1) is 16.2 Å². The van der Waals surface area contributed by atoms with E-state index in [1.807, 2.05) is 27.7 Å². The number of rotatable bonds is 6. The van der Waals surface area contributed by atoms with Crippen LogP contribution in [0.1, 0.15) is 61.8 Å². The zero-order chi connectivity index (χ0) is 17.4. The Morgan fingerprint density at radius 2 is 1.45 bits per heavy atom. The molecule has 134 valence electrons. The minimum absolute atomic E-state index is 0.277. The molecule has 0 aromatic heterocycles. The van der Waals surface area contributed by atoms with Gasteiger partial charge >= 0.3 is 0 Å². The van der Waals surface area contributed by atoms with Crippen LogP contribution in [-0.4, -0.2) is 51.3 Å².